The second kappa shape index (κ2) is 7.42. The molecule has 1 aromatic carbocycles. The molecule has 3 rings (SSSR count). The van der Waals surface area contributed by atoms with Crippen molar-refractivity contribution in [2.24, 2.45) is 0 Å². The summed E-state index contributed by atoms with van der Waals surface area (Å²) in [6.45, 7) is 6.66. The molecule has 2 fully saturated rings. The van der Waals surface area contributed by atoms with Crippen LogP contribution in [-0.2, 0) is 19.7 Å². The Labute approximate surface area is 161 Å². The molecule has 0 aromatic heterocycles. The van der Waals surface area contributed by atoms with Gasteiger partial charge in [0, 0.05) is 18.1 Å². The van der Waals surface area contributed by atoms with Crippen LogP contribution in [0.5, 0.6) is 0 Å². The Morgan fingerprint density at radius 3 is 2.33 bits per heavy atom. The maximum absolute atomic E-state index is 13.1. The predicted molar refractivity (Wildman–Crippen MR) is 103 cm³/mol. The zero-order valence-corrected chi connectivity index (χ0v) is 17.3. The van der Waals surface area contributed by atoms with Crippen LogP contribution in [0.3, 0.4) is 0 Å². The van der Waals surface area contributed by atoms with E-state index in [-0.39, 0.29) is 16.2 Å². The molecule has 2 atom stereocenters. The highest BCUT2D eigenvalue weighted by molar-refractivity contribution is 7.96. The topological polar surface area (TPSA) is 83.5 Å². The molecular formula is C18H27FN2O4S2. The first kappa shape index (κ1) is 20.7. The minimum absolute atomic E-state index is 0.0448. The van der Waals surface area contributed by atoms with Gasteiger partial charge in [0.1, 0.15) is 5.82 Å². The SMILES string of the molecule is CC(C)(CN[C@H]1CS(=O)(=O)C[C@@H]1S(=O)(=O)c1ccc(F)cc1)N1CCCC1. The lowest BCUT2D eigenvalue weighted by Crippen LogP contribution is -2.54. The number of benzene rings is 1. The van der Waals surface area contributed by atoms with Crippen molar-refractivity contribution < 1.29 is 21.2 Å². The van der Waals surface area contributed by atoms with Gasteiger partial charge in [-0.1, -0.05) is 0 Å². The Kier molecular flexibility index (Phi) is 5.69. The quantitative estimate of drug-likeness (QED) is 0.700. The summed E-state index contributed by atoms with van der Waals surface area (Å²) in [7, 11) is -7.34. The van der Waals surface area contributed by atoms with Gasteiger partial charge >= 0.3 is 0 Å². The van der Waals surface area contributed by atoms with Gasteiger partial charge < -0.3 is 5.32 Å². The predicted octanol–water partition coefficient (Wildman–Crippen LogP) is 1.23. The molecule has 2 saturated heterocycles. The smallest absolute Gasteiger partial charge is 0.183 e. The highest BCUT2D eigenvalue weighted by Gasteiger charge is 2.46. The molecule has 0 amide bonds. The van der Waals surface area contributed by atoms with Gasteiger partial charge in [-0.05, 0) is 64.0 Å². The maximum Gasteiger partial charge on any atom is 0.183 e. The number of halogens is 1. The third-order valence-corrected chi connectivity index (χ3v) is 9.77. The van der Waals surface area contributed by atoms with Gasteiger partial charge in [-0.15, -0.1) is 0 Å². The average molecular weight is 419 g/mol. The van der Waals surface area contributed by atoms with E-state index in [9.17, 15) is 21.2 Å². The molecule has 2 heterocycles. The molecule has 0 saturated carbocycles. The number of likely N-dealkylation sites (tertiary alicyclic amines) is 1. The lowest BCUT2D eigenvalue weighted by Gasteiger charge is -2.37. The normalized spacial score (nSPS) is 26.5. The Morgan fingerprint density at radius 1 is 1.15 bits per heavy atom. The summed E-state index contributed by atoms with van der Waals surface area (Å²) in [4.78, 5) is 2.30. The molecule has 0 radical (unpaired) electrons. The van der Waals surface area contributed by atoms with Crippen molar-refractivity contribution in [1.82, 2.24) is 10.2 Å². The molecule has 0 bridgehead atoms. The van der Waals surface area contributed by atoms with Gasteiger partial charge in [-0.3, -0.25) is 4.90 Å². The Hall–Kier alpha value is -1.03. The molecular weight excluding hydrogens is 391 g/mol. The van der Waals surface area contributed by atoms with Crippen molar-refractivity contribution in [2.75, 3.05) is 31.1 Å². The zero-order valence-electron chi connectivity index (χ0n) is 15.7. The standard InChI is InChI=1S/C18H27FN2O4S2/c1-18(2,21-9-3-4-10-21)13-20-16-11-26(22,23)12-17(16)27(24,25)15-7-5-14(19)6-8-15/h5-8,16-17,20H,3-4,9-13H2,1-2H3/t16-,17-/m0/s1. The first-order valence-corrected chi connectivity index (χ1v) is 12.6. The van der Waals surface area contributed by atoms with Crippen LogP contribution in [0, 0.1) is 5.82 Å². The summed E-state index contributed by atoms with van der Waals surface area (Å²) in [5.74, 6) is -1.14. The van der Waals surface area contributed by atoms with E-state index in [4.69, 9.17) is 0 Å². The second-order valence-electron chi connectivity index (χ2n) is 8.11. The Bertz CT molecular complexity index is 876. The van der Waals surface area contributed by atoms with E-state index in [0.717, 1.165) is 38.1 Å². The highest BCUT2D eigenvalue weighted by Crippen LogP contribution is 2.27. The number of hydrogen-bond acceptors (Lipinski definition) is 6. The van der Waals surface area contributed by atoms with Crippen molar-refractivity contribution in [3.63, 3.8) is 0 Å². The molecule has 1 N–H and O–H groups in total. The Balaban J connectivity index is 1.79. The minimum atomic E-state index is -3.88. The number of nitrogens with zero attached hydrogens (tertiary/aromatic N) is 1. The van der Waals surface area contributed by atoms with Gasteiger partial charge in [0.25, 0.3) is 0 Å². The van der Waals surface area contributed by atoms with Crippen molar-refractivity contribution in [3.8, 4) is 0 Å². The van der Waals surface area contributed by atoms with E-state index in [0.29, 0.717) is 6.54 Å². The summed E-state index contributed by atoms with van der Waals surface area (Å²) in [5, 5.41) is 2.15. The first-order chi connectivity index (χ1) is 12.5. The molecule has 27 heavy (non-hydrogen) atoms. The van der Waals surface area contributed by atoms with Crippen LogP contribution in [0.4, 0.5) is 4.39 Å². The van der Waals surface area contributed by atoms with Gasteiger partial charge in [0.05, 0.1) is 21.7 Å². The van der Waals surface area contributed by atoms with Crippen molar-refractivity contribution in [2.45, 2.75) is 48.4 Å². The summed E-state index contributed by atoms with van der Waals surface area (Å²) in [6.07, 6.45) is 2.28. The molecule has 0 aliphatic carbocycles. The van der Waals surface area contributed by atoms with Crippen LogP contribution < -0.4 is 5.32 Å². The summed E-state index contributed by atoms with van der Waals surface area (Å²) >= 11 is 0. The van der Waals surface area contributed by atoms with Crippen LogP contribution >= 0.6 is 0 Å². The Morgan fingerprint density at radius 2 is 1.74 bits per heavy atom. The second-order valence-corrected chi connectivity index (χ2v) is 12.4. The monoisotopic (exact) mass is 418 g/mol. The molecule has 0 spiro atoms. The molecule has 6 nitrogen and oxygen atoms in total. The fourth-order valence-corrected chi connectivity index (χ4v) is 8.64. The van der Waals surface area contributed by atoms with E-state index in [1.807, 2.05) is 0 Å². The van der Waals surface area contributed by atoms with Gasteiger partial charge in [0.15, 0.2) is 19.7 Å². The fourth-order valence-electron chi connectivity index (χ4n) is 3.93. The summed E-state index contributed by atoms with van der Waals surface area (Å²) in [6, 6.07) is 3.87. The molecule has 9 heteroatoms. The van der Waals surface area contributed by atoms with E-state index in [1.54, 1.807) is 0 Å². The minimum Gasteiger partial charge on any atom is -0.310 e. The van der Waals surface area contributed by atoms with Crippen LogP contribution in [0.25, 0.3) is 0 Å². The molecule has 0 unspecified atom stereocenters. The summed E-state index contributed by atoms with van der Waals surface area (Å²) < 4.78 is 63.5. The van der Waals surface area contributed by atoms with Crippen LogP contribution in [0.2, 0.25) is 0 Å². The third-order valence-electron chi connectivity index (χ3n) is 5.60. The van der Waals surface area contributed by atoms with Crippen LogP contribution in [0.1, 0.15) is 26.7 Å². The van der Waals surface area contributed by atoms with E-state index in [2.05, 4.69) is 24.1 Å². The third kappa shape index (κ3) is 4.52. The van der Waals surface area contributed by atoms with E-state index >= 15 is 0 Å². The number of nitrogens with one attached hydrogen (secondary N) is 1. The number of sulfone groups is 2. The highest BCUT2D eigenvalue weighted by atomic mass is 32.2. The largest absolute Gasteiger partial charge is 0.310 e. The van der Waals surface area contributed by atoms with E-state index in [1.165, 1.54) is 12.1 Å². The van der Waals surface area contributed by atoms with Crippen molar-refractivity contribution in [1.29, 1.82) is 0 Å². The van der Waals surface area contributed by atoms with E-state index < -0.39 is 42.5 Å². The lowest BCUT2D eigenvalue weighted by molar-refractivity contribution is 0.148. The summed E-state index contributed by atoms with van der Waals surface area (Å²) in [5.41, 5.74) is -0.187. The van der Waals surface area contributed by atoms with Crippen molar-refractivity contribution in [3.05, 3.63) is 30.1 Å². The molecule has 152 valence electrons. The lowest BCUT2D eigenvalue weighted by atomic mass is 10.0. The van der Waals surface area contributed by atoms with Crippen LogP contribution in [0.15, 0.2) is 29.2 Å². The van der Waals surface area contributed by atoms with Gasteiger partial charge in [0.2, 0.25) is 0 Å². The molecule has 1 aromatic rings. The number of hydrogen-bond donors (Lipinski definition) is 1. The zero-order chi connectivity index (χ0) is 19.9. The van der Waals surface area contributed by atoms with Gasteiger partial charge in [-0.25, -0.2) is 21.2 Å². The molecule has 2 aliphatic heterocycles. The number of rotatable bonds is 6. The molecule has 2 aliphatic rings. The maximum atomic E-state index is 13.1. The van der Waals surface area contributed by atoms with Crippen LogP contribution in [-0.4, -0.2) is 69.7 Å². The fraction of sp³-hybridized carbons (Fsp3) is 0.667. The van der Waals surface area contributed by atoms with Gasteiger partial charge in [-0.2, -0.15) is 0 Å². The first-order valence-electron chi connectivity index (χ1n) is 9.20. The van der Waals surface area contributed by atoms with Crippen molar-refractivity contribution >= 4 is 19.7 Å². The average Bonchev–Trinajstić information content (AvgIpc) is 3.22.